The Kier molecular flexibility index (Phi) is 5.19. The van der Waals surface area contributed by atoms with Gasteiger partial charge in [-0.05, 0) is 48.2 Å². The van der Waals surface area contributed by atoms with E-state index in [1.807, 2.05) is 43.3 Å². The number of aryl methyl sites for hydroxylation is 1. The van der Waals surface area contributed by atoms with Gasteiger partial charge in [-0.25, -0.2) is 4.79 Å². The molecule has 5 heteroatoms. The molecular formula is C20H18ClNO3. The summed E-state index contributed by atoms with van der Waals surface area (Å²) in [6.07, 6.45) is 3.74. The van der Waals surface area contributed by atoms with E-state index in [0.717, 1.165) is 28.8 Å². The molecule has 2 aromatic carbocycles. The van der Waals surface area contributed by atoms with Crippen molar-refractivity contribution in [2.24, 2.45) is 0 Å². The number of fused-ring (bicyclic) bond motifs is 1. The molecule has 0 unspecified atom stereocenters. The molecule has 2 aromatic rings. The van der Waals surface area contributed by atoms with Crippen molar-refractivity contribution in [1.82, 2.24) is 0 Å². The van der Waals surface area contributed by atoms with E-state index in [-0.39, 0.29) is 12.5 Å². The first kappa shape index (κ1) is 17.2. The van der Waals surface area contributed by atoms with Gasteiger partial charge in [0.15, 0.2) is 6.61 Å². The Labute approximate surface area is 151 Å². The summed E-state index contributed by atoms with van der Waals surface area (Å²) in [5.74, 6) is -0.775. The molecule has 25 heavy (non-hydrogen) atoms. The van der Waals surface area contributed by atoms with Gasteiger partial charge in [0.25, 0.3) is 5.91 Å². The van der Waals surface area contributed by atoms with Crippen LogP contribution in [0, 0.1) is 6.92 Å². The summed E-state index contributed by atoms with van der Waals surface area (Å²) < 4.78 is 5.06. The number of hydrogen-bond donors (Lipinski definition) is 0. The number of nitrogens with zero attached hydrogens (tertiary/aromatic N) is 1. The first-order valence-electron chi connectivity index (χ1n) is 8.04. The van der Waals surface area contributed by atoms with Crippen LogP contribution < -0.4 is 4.90 Å². The Morgan fingerprint density at radius 2 is 2.04 bits per heavy atom. The number of halogens is 1. The third kappa shape index (κ3) is 4.09. The fourth-order valence-corrected chi connectivity index (χ4v) is 2.92. The average molecular weight is 356 g/mol. The molecule has 1 amide bonds. The third-order valence-electron chi connectivity index (χ3n) is 4.13. The Morgan fingerprint density at radius 3 is 2.84 bits per heavy atom. The minimum absolute atomic E-state index is 0.218. The van der Waals surface area contributed by atoms with Crippen LogP contribution in [0.15, 0.2) is 48.5 Å². The Morgan fingerprint density at radius 1 is 1.24 bits per heavy atom. The fraction of sp³-hybridized carbons (Fsp3) is 0.200. The highest BCUT2D eigenvalue weighted by molar-refractivity contribution is 6.31. The number of rotatable bonds is 4. The van der Waals surface area contributed by atoms with E-state index in [1.54, 1.807) is 17.0 Å². The van der Waals surface area contributed by atoms with Crippen molar-refractivity contribution in [3.63, 3.8) is 0 Å². The topological polar surface area (TPSA) is 46.6 Å². The minimum atomic E-state index is -0.558. The molecule has 0 radical (unpaired) electrons. The quantitative estimate of drug-likeness (QED) is 0.619. The lowest BCUT2D eigenvalue weighted by Gasteiger charge is -2.16. The maximum atomic E-state index is 12.3. The number of carbonyl (C=O) groups is 2. The highest BCUT2D eigenvalue weighted by Crippen LogP contribution is 2.27. The van der Waals surface area contributed by atoms with E-state index in [2.05, 4.69) is 0 Å². The summed E-state index contributed by atoms with van der Waals surface area (Å²) in [7, 11) is 0. The van der Waals surface area contributed by atoms with E-state index in [0.29, 0.717) is 11.6 Å². The van der Waals surface area contributed by atoms with Gasteiger partial charge in [0.1, 0.15) is 0 Å². The van der Waals surface area contributed by atoms with Gasteiger partial charge in [0.05, 0.1) is 0 Å². The first-order chi connectivity index (χ1) is 12.0. The lowest BCUT2D eigenvalue weighted by Crippen LogP contribution is -2.33. The van der Waals surface area contributed by atoms with Crippen LogP contribution in [-0.2, 0) is 20.7 Å². The molecule has 4 nitrogen and oxygen atoms in total. The molecule has 0 saturated carbocycles. The molecule has 0 spiro atoms. The predicted octanol–water partition coefficient (Wildman–Crippen LogP) is 3.79. The number of anilines is 1. The minimum Gasteiger partial charge on any atom is -0.452 e. The maximum Gasteiger partial charge on any atom is 0.331 e. The zero-order valence-electron chi connectivity index (χ0n) is 13.9. The van der Waals surface area contributed by atoms with E-state index in [4.69, 9.17) is 16.3 Å². The molecule has 1 heterocycles. The third-order valence-corrected chi connectivity index (χ3v) is 4.54. The standard InChI is InChI=1S/C20H18ClNO3/c1-14-6-7-15(12-17(14)21)8-9-20(24)25-13-19(23)22-11-10-16-4-2-3-5-18(16)22/h2-9,12H,10-11,13H2,1H3/b9-8+. The molecule has 3 rings (SSSR count). The van der Waals surface area contributed by atoms with Crippen LogP contribution in [-0.4, -0.2) is 25.0 Å². The summed E-state index contributed by atoms with van der Waals surface area (Å²) in [6, 6.07) is 13.3. The summed E-state index contributed by atoms with van der Waals surface area (Å²) in [5.41, 5.74) is 3.80. The van der Waals surface area contributed by atoms with E-state index in [1.165, 1.54) is 6.08 Å². The highest BCUT2D eigenvalue weighted by Gasteiger charge is 2.24. The van der Waals surface area contributed by atoms with Crippen LogP contribution in [0.3, 0.4) is 0 Å². The zero-order chi connectivity index (χ0) is 17.8. The number of amides is 1. The monoisotopic (exact) mass is 355 g/mol. The Bertz CT molecular complexity index is 845. The maximum absolute atomic E-state index is 12.3. The van der Waals surface area contributed by atoms with Crippen molar-refractivity contribution in [2.75, 3.05) is 18.1 Å². The molecule has 0 N–H and O–H groups in total. The summed E-state index contributed by atoms with van der Waals surface area (Å²) >= 11 is 6.05. The molecule has 1 aliphatic heterocycles. The normalized spacial score (nSPS) is 13.1. The van der Waals surface area contributed by atoms with E-state index in [9.17, 15) is 9.59 Å². The largest absolute Gasteiger partial charge is 0.452 e. The number of carbonyl (C=O) groups excluding carboxylic acids is 2. The fourth-order valence-electron chi connectivity index (χ4n) is 2.73. The van der Waals surface area contributed by atoms with Crippen molar-refractivity contribution >= 4 is 35.2 Å². The van der Waals surface area contributed by atoms with Crippen LogP contribution >= 0.6 is 11.6 Å². The van der Waals surface area contributed by atoms with Gasteiger partial charge < -0.3 is 9.64 Å². The lowest BCUT2D eigenvalue weighted by atomic mass is 10.1. The summed E-state index contributed by atoms with van der Waals surface area (Å²) in [6.45, 7) is 2.26. The highest BCUT2D eigenvalue weighted by atomic mass is 35.5. The second-order valence-corrected chi connectivity index (χ2v) is 6.28. The van der Waals surface area contributed by atoms with E-state index < -0.39 is 5.97 Å². The molecular weight excluding hydrogens is 338 g/mol. The van der Waals surface area contributed by atoms with Crippen LogP contribution in [0.5, 0.6) is 0 Å². The molecule has 0 atom stereocenters. The molecule has 0 bridgehead atoms. The Hall–Kier alpha value is -2.59. The number of hydrogen-bond acceptors (Lipinski definition) is 3. The first-order valence-corrected chi connectivity index (χ1v) is 8.41. The number of benzene rings is 2. The predicted molar refractivity (Wildman–Crippen MR) is 98.7 cm³/mol. The molecule has 0 fully saturated rings. The van der Waals surface area contributed by atoms with E-state index >= 15 is 0 Å². The molecule has 0 aromatic heterocycles. The zero-order valence-corrected chi connectivity index (χ0v) is 14.6. The van der Waals surface area contributed by atoms with Gasteiger partial charge in [-0.1, -0.05) is 41.9 Å². The molecule has 0 aliphatic carbocycles. The SMILES string of the molecule is Cc1ccc(/C=C/C(=O)OCC(=O)N2CCc3ccccc32)cc1Cl. The molecule has 128 valence electrons. The molecule has 0 saturated heterocycles. The number of para-hydroxylation sites is 1. The van der Waals surface area contributed by atoms with Gasteiger partial charge in [-0.15, -0.1) is 0 Å². The lowest BCUT2D eigenvalue weighted by molar-refractivity contribution is -0.142. The van der Waals surface area contributed by atoms with Gasteiger partial charge in [-0.3, -0.25) is 4.79 Å². The second kappa shape index (κ2) is 7.53. The smallest absolute Gasteiger partial charge is 0.331 e. The Balaban J connectivity index is 1.55. The van der Waals surface area contributed by atoms with Crippen molar-refractivity contribution < 1.29 is 14.3 Å². The van der Waals surface area contributed by atoms with Crippen LogP contribution in [0.1, 0.15) is 16.7 Å². The molecule has 1 aliphatic rings. The second-order valence-electron chi connectivity index (χ2n) is 5.87. The van der Waals surface area contributed by atoms with Crippen LogP contribution in [0.25, 0.3) is 6.08 Å². The van der Waals surface area contributed by atoms with Gasteiger partial charge in [0, 0.05) is 23.3 Å². The summed E-state index contributed by atoms with van der Waals surface area (Å²) in [5, 5.41) is 0.637. The van der Waals surface area contributed by atoms with Crippen molar-refractivity contribution in [3.8, 4) is 0 Å². The van der Waals surface area contributed by atoms with Gasteiger partial charge in [0.2, 0.25) is 0 Å². The van der Waals surface area contributed by atoms with Crippen LogP contribution in [0.4, 0.5) is 5.69 Å². The van der Waals surface area contributed by atoms with Crippen molar-refractivity contribution in [3.05, 3.63) is 70.3 Å². The van der Waals surface area contributed by atoms with Crippen molar-refractivity contribution in [2.45, 2.75) is 13.3 Å². The van der Waals surface area contributed by atoms with Crippen molar-refractivity contribution in [1.29, 1.82) is 0 Å². The van der Waals surface area contributed by atoms with Crippen LogP contribution in [0.2, 0.25) is 5.02 Å². The summed E-state index contributed by atoms with van der Waals surface area (Å²) in [4.78, 5) is 25.8. The van der Waals surface area contributed by atoms with Gasteiger partial charge >= 0.3 is 5.97 Å². The van der Waals surface area contributed by atoms with Gasteiger partial charge in [-0.2, -0.15) is 0 Å². The average Bonchev–Trinajstić information content (AvgIpc) is 3.05. The number of esters is 1. The number of ether oxygens (including phenoxy) is 1.